The average Bonchev–Trinajstić information content (AvgIpc) is 3.38. The maximum atomic E-state index is 14.1. The van der Waals surface area contributed by atoms with Crippen molar-refractivity contribution in [3.8, 4) is 5.75 Å². The van der Waals surface area contributed by atoms with E-state index in [0.29, 0.717) is 44.0 Å². The van der Waals surface area contributed by atoms with Gasteiger partial charge in [-0.3, -0.25) is 14.2 Å². The van der Waals surface area contributed by atoms with Crippen LogP contribution in [0.5, 0.6) is 5.75 Å². The third-order valence-corrected chi connectivity index (χ3v) is 7.86. The summed E-state index contributed by atoms with van der Waals surface area (Å²) in [5.41, 5.74) is 3.05. The van der Waals surface area contributed by atoms with E-state index in [1.54, 1.807) is 38.0 Å². The number of amides is 1. The number of carbonyl (C=O) groups excluding carboxylic acids is 2. The lowest BCUT2D eigenvalue weighted by molar-refractivity contribution is -0.139. The topological polar surface area (TPSA) is 90.2 Å². The minimum atomic E-state index is -0.756. The van der Waals surface area contributed by atoms with E-state index in [1.165, 1.54) is 15.9 Å². The number of ether oxygens (including phenoxy) is 2. The Bertz CT molecular complexity index is 1630. The minimum absolute atomic E-state index is 0.188. The van der Waals surface area contributed by atoms with Gasteiger partial charge in [0, 0.05) is 12.1 Å². The van der Waals surface area contributed by atoms with Crippen molar-refractivity contribution >= 4 is 34.5 Å². The molecule has 38 heavy (non-hydrogen) atoms. The predicted octanol–water partition coefficient (Wildman–Crippen LogP) is 3.32. The first kappa shape index (κ1) is 25.7. The summed E-state index contributed by atoms with van der Waals surface area (Å²) in [6, 6.07) is 14.0. The summed E-state index contributed by atoms with van der Waals surface area (Å²) in [5, 5.41) is 0. The van der Waals surface area contributed by atoms with Crippen LogP contribution in [0.25, 0.3) is 5.57 Å². The van der Waals surface area contributed by atoms with Crippen LogP contribution in [0.3, 0.4) is 0 Å². The number of esters is 1. The van der Waals surface area contributed by atoms with Gasteiger partial charge in [-0.2, -0.15) is 0 Å². The monoisotopic (exact) mass is 531 g/mol. The number of rotatable bonds is 7. The lowest BCUT2D eigenvalue weighted by atomic mass is 9.96. The second kappa shape index (κ2) is 10.4. The van der Waals surface area contributed by atoms with E-state index in [4.69, 9.17) is 9.47 Å². The predicted molar refractivity (Wildman–Crippen MR) is 146 cm³/mol. The number of fused-ring (bicyclic) bond motifs is 2. The Hall–Kier alpha value is -3.98. The van der Waals surface area contributed by atoms with E-state index >= 15 is 0 Å². The molecule has 0 spiro atoms. The van der Waals surface area contributed by atoms with Gasteiger partial charge in [-0.15, -0.1) is 0 Å². The minimum Gasteiger partial charge on any atom is -0.497 e. The quantitative estimate of drug-likeness (QED) is 0.437. The molecule has 0 fully saturated rings. The number of hydrogen-bond acceptors (Lipinski definition) is 7. The molecule has 0 aliphatic carbocycles. The van der Waals surface area contributed by atoms with E-state index in [1.807, 2.05) is 36.4 Å². The van der Waals surface area contributed by atoms with Crippen LogP contribution in [0.4, 0.5) is 5.69 Å². The van der Waals surface area contributed by atoms with Crippen molar-refractivity contribution in [2.45, 2.75) is 39.7 Å². The number of thiazole rings is 1. The number of benzene rings is 2. The molecule has 0 radical (unpaired) electrons. The number of methoxy groups -OCH3 is 1. The highest BCUT2D eigenvalue weighted by Crippen LogP contribution is 2.36. The molecule has 5 rings (SSSR count). The summed E-state index contributed by atoms with van der Waals surface area (Å²) in [6.07, 6.45) is 1.80. The van der Waals surface area contributed by atoms with Crippen LogP contribution < -0.4 is 24.5 Å². The summed E-state index contributed by atoms with van der Waals surface area (Å²) in [6.45, 7) is 6.33. The van der Waals surface area contributed by atoms with Crippen LogP contribution in [-0.4, -0.2) is 36.7 Å². The third-order valence-electron chi connectivity index (χ3n) is 6.81. The highest BCUT2D eigenvalue weighted by atomic mass is 32.1. The highest BCUT2D eigenvalue weighted by molar-refractivity contribution is 7.07. The van der Waals surface area contributed by atoms with Gasteiger partial charge >= 0.3 is 5.97 Å². The van der Waals surface area contributed by atoms with Crippen molar-refractivity contribution in [3.63, 3.8) is 0 Å². The number of para-hydroxylation sites is 1. The Morgan fingerprint density at radius 2 is 1.82 bits per heavy atom. The first-order valence-corrected chi connectivity index (χ1v) is 13.5. The van der Waals surface area contributed by atoms with Crippen molar-refractivity contribution in [3.05, 3.63) is 90.6 Å². The lowest BCUT2D eigenvalue weighted by Gasteiger charge is -2.24. The van der Waals surface area contributed by atoms with Crippen molar-refractivity contribution in [2.75, 3.05) is 25.2 Å². The Balaban J connectivity index is 1.77. The third kappa shape index (κ3) is 4.16. The second-order valence-corrected chi connectivity index (χ2v) is 10.1. The molecule has 2 aromatic carbocycles. The average molecular weight is 532 g/mol. The smallest absolute Gasteiger partial charge is 0.338 e. The van der Waals surface area contributed by atoms with Crippen molar-refractivity contribution < 1.29 is 19.1 Å². The zero-order valence-corrected chi connectivity index (χ0v) is 22.6. The number of aromatic nitrogens is 1. The summed E-state index contributed by atoms with van der Waals surface area (Å²) < 4.78 is 12.5. The Morgan fingerprint density at radius 1 is 1.08 bits per heavy atom. The Morgan fingerprint density at radius 3 is 2.50 bits per heavy atom. The van der Waals surface area contributed by atoms with Crippen molar-refractivity contribution in [2.24, 2.45) is 4.99 Å². The van der Waals surface area contributed by atoms with E-state index < -0.39 is 12.0 Å². The van der Waals surface area contributed by atoms with Crippen molar-refractivity contribution in [1.82, 2.24) is 4.57 Å². The number of nitrogens with zero attached hydrogens (tertiary/aromatic N) is 3. The van der Waals surface area contributed by atoms with Gasteiger partial charge in [0.05, 0.1) is 42.3 Å². The van der Waals surface area contributed by atoms with Crippen LogP contribution in [0.1, 0.15) is 50.8 Å². The van der Waals surface area contributed by atoms with Gasteiger partial charge in [-0.25, -0.2) is 9.79 Å². The molecule has 0 saturated heterocycles. The SMILES string of the molecule is CCCCN1C(=O)C(=c2sc3n(c2=O)[C@@H](c2ccc(OC)cc2)C(C(=O)OCC)=C(C)N=3)c2ccccc21. The van der Waals surface area contributed by atoms with Crippen LogP contribution in [0, 0.1) is 0 Å². The molecule has 8 nitrogen and oxygen atoms in total. The van der Waals surface area contributed by atoms with Crippen LogP contribution in [0.15, 0.2) is 69.6 Å². The molecule has 3 aromatic rings. The second-order valence-electron chi connectivity index (χ2n) is 9.10. The summed E-state index contributed by atoms with van der Waals surface area (Å²) in [4.78, 5) is 47.8. The lowest BCUT2D eigenvalue weighted by Crippen LogP contribution is -2.41. The molecule has 0 bridgehead atoms. The van der Waals surface area contributed by atoms with Crippen LogP contribution in [-0.2, 0) is 14.3 Å². The molecule has 2 aliphatic heterocycles. The fourth-order valence-electron chi connectivity index (χ4n) is 4.98. The van der Waals surface area contributed by atoms with Gasteiger partial charge in [-0.05, 0) is 44.0 Å². The van der Waals surface area contributed by atoms with Crippen LogP contribution in [0.2, 0.25) is 0 Å². The maximum absolute atomic E-state index is 14.1. The molecule has 2 aliphatic rings. The maximum Gasteiger partial charge on any atom is 0.338 e. The molecule has 0 saturated carbocycles. The number of anilines is 1. The van der Waals surface area contributed by atoms with E-state index in [-0.39, 0.29) is 18.1 Å². The molecular formula is C29H29N3O5S. The van der Waals surface area contributed by atoms with Crippen molar-refractivity contribution in [1.29, 1.82) is 0 Å². The number of allylic oxidation sites excluding steroid dienone is 1. The van der Waals surface area contributed by atoms with Gasteiger partial charge in [0.1, 0.15) is 10.3 Å². The summed E-state index contributed by atoms with van der Waals surface area (Å²) in [5.74, 6) is -0.0603. The summed E-state index contributed by atoms with van der Waals surface area (Å²) in [7, 11) is 1.58. The molecule has 9 heteroatoms. The standard InChI is InChI=1S/C29H29N3O5S/c1-5-7-16-31-21-11-9-8-10-20(21)23(26(31)33)25-27(34)32-24(18-12-14-19(36-4)15-13-18)22(28(35)37-6-2)17(3)30-29(32)38-25/h8-15,24H,5-7,16H2,1-4H3/t24-/m0/s1. The zero-order chi connectivity index (χ0) is 27.0. The molecule has 3 heterocycles. The van der Waals surface area contributed by atoms with E-state index in [2.05, 4.69) is 11.9 Å². The first-order valence-electron chi connectivity index (χ1n) is 12.7. The first-order chi connectivity index (χ1) is 18.4. The van der Waals surface area contributed by atoms with E-state index in [0.717, 1.165) is 24.1 Å². The fraction of sp³-hybridized carbons (Fsp3) is 0.310. The Kier molecular flexibility index (Phi) is 7.03. The molecule has 1 amide bonds. The van der Waals surface area contributed by atoms with Gasteiger partial charge in [0.25, 0.3) is 11.5 Å². The number of unbranched alkanes of at least 4 members (excludes halogenated alkanes) is 1. The number of hydrogen-bond donors (Lipinski definition) is 0. The molecule has 1 aromatic heterocycles. The highest BCUT2D eigenvalue weighted by Gasteiger charge is 2.37. The molecule has 0 N–H and O–H groups in total. The normalized spacial score (nSPS) is 17.7. The fourth-order valence-corrected chi connectivity index (χ4v) is 6.12. The molecular weight excluding hydrogens is 502 g/mol. The van der Waals surface area contributed by atoms with E-state index in [9.17, 15) is 14.4 Å². The molecule has 1 atom stereocenters. The van der Waals surface area contributed by atoms with Gasteiger partial charge < -0.3 is 14.4 Å². The Labute approximate surface area is 224 Å². The molecule has 0 unspecified atom stereocenters. The number of carbonyl (C=O) groups is 2. The van der Waals surface area contributed by atoms with Gasteiger partial charge in [0.15, 0.2) is 4.80 Å². The van der Waals surface area contributed by atoms with Crippen LogP contribution >= 0.6 is 11.3 Å². The van der Waals surface area contributed by atoms with Gasteiger partial charge in [-0.1, -0.05) is 55.0 Å². The summed E-state index contributed by atoms with van der Waals surface area (Å²) >= 11 is 1.18. The molecule has 196 valence electrons. The zero-order valence-electron chi connectivity index (χ0n) is 21.8. The van der Waals surface area contributed by atoms with Gasteiger partial charge in [0.2, 0.25) is 0 Å². The largest absolute Gasteiger partial charge is 0.497 e.